The van der Waals surface area contributed by atoms with Crippen LogP contribution in [0.4, 0.5) is 0 Å². The van der Waals surface area contributed by atoms with Crippen LogP contribution in [0.25, 0.3) is 0 Å². The zero-order valence-electron chi connectivity index (χ0n) is 11.1. The Morgan fingerprint density at radius 1 is 1.30 bits per heavy atom. The molecule has 2 unspecified atom stereocenters. The second-order valence-corrected chi connectivity index (χ2v) is 7.60. The first-order chi connectivity index (χ1) is 9.03. The van der Waals surface area contributed by atoms with E-state index in [4.69, 9.17) is 5.73 Å². The molecular weight excluding hydrogens is 364 g/mol. The van der Waals surface area contributed by atoms with E-state index >= 15 is 0 Å². The molecule has 4 nitrogen and oxygen atoms in total. The summed E-state index contributed by atoms with van der Waals surface area (Å²) in [5.74, 6) is 0.246. The smallest absolute Gasteiger partial charge is 0.240 e. The molecule has 3 N–H and O–H groups in total. The summed E-state index contributed by atoms with van der Waals surface area (Å²) >= 11 is 3.29. The average molecular weight is 384 g/mol. The molecular formula is C13H20BrClN2O2S. The van der Waals surface area contributed by atoms with Crippen molar-refractivity contribution in [2.75, 3.05) is 6.54 Å². The molecule has 0 saturated heterocycles. The third-order valence-electron chi connectivity index (χ3n) is 3.62. The van der Waals surface area contributed by atoms with E-state index in [9.17, 15) is 8.42 Å². The van der Waals surface area contributed by atoms with Crippen molar-refractivity contribution in [2.24, 2.45) is 11.7 Å². The SMILES string of the molecule is Cl.NCC1CCCCC1NS(=O)(=O)c1cccc(Br)c1. The van der Waals surface area contributed by atoms with Crippen molar-refractivity contribution in [3.63, 3.8) is 0 Å². The third kappa shape index (κ3) is 4.43. The number of sulfonamides is 1. The van der Waals surface area contributed by atoms with E-state index in [1.807, 2.05) is 6.07 Å². The van der Waals surface area contributed by atoms with Crippen LogP contribution in [0.1, 0.15) is 25.7 Å². The third-order valence-corrected chi connectivity index (χ3v) is 5.61. The van der Waals surface area contributed by atoms with Crippen LogP contribution in [0, 0.1) is 5.92 Å². The molecule has 1 aromatic carbocycles. The number of nitrogens with one attached hydrogen (secondary N) is 1. The zero-order valence-corrected chi connectivity index (χ0v) is 14.3. The van der Waals surface area contributed by atoms with Crippen molar-refractivity contribution >= 4 is 38.4 Å². The van der Waals surface area contributed by atoms with Crippen molar-refractivity contribution in [1.29, 1.82) is 0 Å². The predicted molar refractivity (Wildman–Crippen MR) is 86.5 cm³/mol. The molecule has 2 rings (SSSR count). The molecule has 1 saturated carbocycles. The highest BCUT2D eigenvalue weighted by molar-refractivity contribution is 9.10. The molecule has 114 valence electrons. The van der Waals surface area contributed by atoms with Crippen LogP contribution in [-0.2, 0) is 10.0 Å². The highest BCUT2D eigenvalue weighted by Gasteiger charge is 2.28. The summed E-state index contributed by atoms with van der Waals surface area (Å²) in [4.78, 5) is 0.295. The maximum absolute atomic E-state index is 12.3. The van der Waals surface area contributed by atoms with E-state index < -0.39 is 10.0 Å². The van der Waals surface area contributed by atoms with Gasteiger partial charge in [0, 0.05) is 10.5 Å². The lowest BCUT2D eigenvalue weighted by molar-refractivity contribution is 0.296. The molecule has 0 heterocycles. The lowest BCUT2D eigenvalue weighted by Gasteiger charge is -2.31. The van der Waals surface area contributed by atoms with Crippen molar-refractivity contribution in [3.05, 3.63) is 28.7 Å². The summed E-state index contributed by atoms with van der Waals surface area (Å²) < 4.78 is 28.3. The van der Waals surface area contributed by atoms with E-state index in [1.54, 1.807) is 18.2 Å². The molecule has 0 amide bonds. The Kier molecular flexibility index (Phi) is 6.94. The molecule has 0 aliphatic heterocycles. The van der Waals surface area contributed by atoms with Gasteiger partial charge in [-0.25, -0.2) is 13.1 Å². The largest absolute Gasteiger partial charge is 0.330 e. The Morgan fingerprint density at radius 2 is 2.00 bits per heavy atom. The lowest BCUT2D eigenvalue weighted by atomic mass is 9.85. The fraction of sp³-hybridized carbons (Fsp3) is 0.538. The van der Waals surface area contributed by atoms with Crippen LogP contribution in [-0.4, -0.2) is 21.0 Å². The van der Waals surface area contributed by atoms with Crippen molar-refractivity contribution < 1.29 is 8.42 Å². The van der Waals surface area contributed by atoms with Crippen LogP contribution >= 0.6 is 28.3 Å². The molecule has 1 aliphatic rings. The van der Waals surface area contributed by atoms with Gasteiger partial charge in [-0.2, -0.15) is 0 Å². The van der Waals surface area contributed by atoms with Crippen LogP contribution in [0.3, 0.4) is 0 Å². The summed E-state index contributed by atoms with van der Waals surface area (Å²) in [7, 11) is -3.46. The molecule has 0 aromatic heterocycles. The van der Waals surface area contributed by atoms with E-state index in [0.717, 1.165) is 30.2 Å². The summed E-state index contributed by atoms with van der Waals surface area (Å²) in [6.07, 6.45) is 4.07. The van der Waals surface area contributed by atoms with Gasteiger partial charge in [-0.1, -0.05) is 34.8 Å². The standard InChI is InChI=1S/C13H19BrN2O2S.ClH/c14-11-5-3-6-12(8-11)19(17,18)16-13-7-2-1-4-10(13)9-15;/h3,5-6,8,10,13,16H,1-2,4,7,9,15H2;1H. The maximum Gasteiger partial charge on any atom is 0.240 e. The minimum absolute atomic E-state index is 0. The van der Waals surface area contributed by atoms with Crippen LogP contribution in [0.15, 0.2) is 33.6 Å². The Hall–Kier alpha value is -0.140. The fourth-order valence-electron chi connectivity index (χ4n) is 2.55. The Balaban J connectivity index is 0.00000200. The van der Waals surface area contributed by atoms with Gasteiger partial charge in [0.05, 0.1) is 4.90 Å². The summed E-state index contributed by atoms with van der Waals surface area (Å²) in [5, 5.41) is 0. The predicted octanol–water partition coefficient (Wildman–Crippen LogP) is 2.67. The fourth-order valence-corrected chi connectivity index (χ4v) is 4.48. The topological polar surface area (TPSA) is 72.2 Å². The van der Waals surface area contributed by atoms with E-state index in [0.29, 0.717) is 11.4 Å². The van der Waals surface area contributed by atoms with Crippen LogP contribution in [0.2, 0.25) is 0 Å². The highest BCUT2D eigenvalue weighted by Crippen LogP contribution is 2.25. The highest BCUT2D eigenvalue weighted by atomic mass is 79.9. The van der Waals surface area contributed by atoms with Gasteiger partial charge >= 0.3 is 0 Å². The number of halogens is 2. The minimum atomic E-state index is -3.46. The number of nitrogens with two attached hydrogens (primary N) is 1. The molecule has 20 heavy (non-hydrogen) atoms. The van der Waals surface area contributed by atoms with Gasteiger partial charge in [-0.3, -0.25) is 0 Å². The summed E-state index contributed by atoms with van der Waals surface area (Å²) in [6.45, 7) is 0.533. The van der Waals surface area contributed by atoms with Gasteiger partial charge in [-0.15, -0.1) is 12.4 Å². The summed E-state index contributed by atoms with van der Waals surface area (Å²) in [6, 6.07) is 6.71. The van der Waals surface area contributed by atoms with Crippen molar-refractivity contribution in [2.45, 2.75) is 36.6 Å². The van der Waals surface area contributed by atoms with Crippen LogP contribution in [0.5, 0.6) is 0 Å². The Bertz CT molecular complexity index is 539. The molecule has 2 atom stereocenters. The van der Waals surface area contributed by atoms with Gasteiger partial charge in [0.25, 0.3) is 0 Å². The number of hydrogen-bond donors (Lipinski definition) is 2. The number of hydrogen-bond acceptors (Lipinski definition) is 3. The molecule has 1 aliphatic carbocycles. The number of rotatable bonds is 4. The molecule has 1 fully saturated rings. The van der Waals surface area contributed by atoms with E-state index in [-0.39, 0.29) is 24.4 Å². The molecule has 7 heteroatoms. The maximum atomic E-state index is 12.3. The van der Waals surface area contributed by atoms with E-state index in [2.05, 4.69) is 20.7 Å². The quantitative estimate of drug-likeness (QED) is 0.839. The van der Waals surface area contributed by atoms with Gasteiger partial charge in [0.15, 0.2) is 0 Å². The van der Waals surface area contributed by atoms with Gasteiger partial charge in [-0.05, 0) is 43.5 Å². The van der Waals surface area contributed by atoms with Crippen LogP contribution < -0.4 is 10.5 Å². The molecule has 0 bridgehead atoms. The Labute approximate surface area is 135 Å². The average Bonchev–Trinajstić information content (AvgIpc) is 2.39. The normalized spacial score (nSPS) is 23.1. The lowest BCUT2D eigenvalue weighted by Crippen LogP contribution is -2.44. The zero-order chi connectivity index (χ0) is 13.9. The van der Waals surface area contributed by atoms with Crippen molar-refractivity contribution in [3.8, 4) is 0 Å². The second-order valence-electron chi connectivity index (χ2n) is 4.97. The van der Waals surface area contributed by atoms with Gasteiger partial charge in [0.2, 0.25) is 10.0 Å². The first kappa shape index (κ1) is 17.9. The summed E-state index contributed by atoms with van der Waals surface area (Å²) in [5.41, 5.74) is 5.73. The molecule has 0 spiro atoms. The second kappa shape index (κ2) is 7.75. The van der Waals surface area contributed by atoms with Gasteiger partial charge < -0.3 is 5.73 Å². The van der Waals surface area contributed by atoms with Gasteiger partial charge in [0.1, 0.15) is 0 Å². The van der Waals surface area contributed by atoms with Crippen molar-refractivity contribution in [1.82, 2.24) is 4.72 Å². The number of benzene rings is 1. The monoisotopic (exact) mass is 382 g/mol. The van der Waals surface area contributed by atoms with E-state index in [1.165, 1.54) is 0 Å². The molecule has 0 radical (unpaired) electrons. The minimum Gasteiger partial charge on any atom is -0.330 e. The first-order valence-corrected chi connectivity index (χ1v) is 8.78. The Morgan fingerprint density at radius 3 is 2.65 bits per heavy atom. The first-order valence-electron chi connectivity index (χ1n) is 6.51. The molecule has 1 aromatic rings.